The molecule has 1 unspecified atom stereocenters. The number of carbonyl (C=O) groups is 3. The topological polar surface area (TPSA) is 104 Å². The van der Waals surface area contributed by atoms with Crippen molar-refractivity contribution < 1.29 is 23.5 Å². The molecule has 3 heterocycles. The Morgan fingerprint density at radius 2 is 1.91 bits per heavy atom. The fourth-order valence-corrected chi connectivity index (χ4v) is 4.38. The SMILES string of the molecule is COCC1(c2ccc(C(=O)N3CCN(c4ncc(C)cc4C)CC3)c(F)c2)NC(=O)NC1=O. The zero-order valence-electron chi connectivity index (χ0n) is 18.8. The van der Waals surface area contributed by atoms with E-state index in [2.05, 4.69) is 26.6 Å². The number of benzene rings is 1. The van der Waals surface area contributed by atoms with Crippen LogP contribution < -0.4 is 15.5 Å². The number of rotatable bonds is 5. The van der Waals surface area contributed by atoms with E-state index in [4.69, 9.17) is 4.74 Å². The first-order valence-corrected chi connectivity index (χ1v) is 10.6. The molecular formula is C23H26FN5O4. The molecule has 2 aliphatic heterocycles. The maximum atomic E-state index is 15.0. The normalized spacial score (nSPS) is 20.6. The van der Waals surface area contributed by atoms with E-state index in [-0.39, 0.29) is 17.7 Å². The average molecular weight is 455 g/mol. The smallest absolute Gasteiger partial charge is 0.322 e. The fourth-order valence-electron chi connectivity index (χ4n) is 4.38. The van der Waals surface area contributed by atoms with Gasteiger partial charge in [-0.3, -0.25) is 14.9 Å². The van der Waals surface area contributed by atoms with Crippen LogP contribution in [0.2, 0.25) is 0 Å². The molecule has 0 radical (unpaired) electrons. The molecule has 10 heteroatoms. The highest BCUT2D eigenvalue weighted by Crippen LogP contribution is 2.28. The summed E-state index contributed by atoms with van der Waals surface area (Å²) in [6.07, 6.45) is 1.82. The van der Waals surface area contributed by atoms with E-state index in [1.165, 1.54) is 19.2 Å². The van der Waals surface area contributed by atoms with Gasteiger partial charge < -0.3 is 19.9 Å². The molecule has 33 heavy (non-hydrogen) atoms. The van der Waals surface area contributed by atoms with Crippen molar-refractivity contribution in [2.75, 3.05) is 44.8 Å². The van der Waals surface area contributed by atoms with Crippen molar-refractivity contribution in [2.45, 2.75) is 19.4 Å². The molecule has 174 valence electrons. The first-order valence-electron chi connectivity index (χ1n) is 10.6. The Morgan fingerprint density at radius 1 is 1.18 bits per heavy atom. The summed E-state index contributed by atoms with van der Waals surface area (Å²) in [5.41, 5.74) is 0.732. The lowest BCUT2D eigenvalue weighted by Gasteiger charge is -2.36. The third-order valence-electron chi connectivity index (χ3n) is 6.05. The van der Waals surface area contributed by atoms with Crippen molar-refractivity contribution in [2.24, 2.45) is 0 Å². The molecule has 2 aromatic rings. The molecule has 0 aliphatic carbocycles. The van der Waals surface area contributed by atoms with Crippen LogP contribution in [-0.2, 0) is 15.1 Å². The molecule has 2 aliphatic rings. The number of imide groups is 1. The monoisotopic (exact) mass is 455 g/mol. The van der Waals surface area contributed by atoms with Crippen LogP contribution in [0.15, 0.2) is 30.5 Å². The predicted molar refractivity (Wildman–Crippen MR) is 118 cm³/mol. The van der Waals surface area contributed by atoms with Crippen molar-refractivity contribution >= 4 is 23.7 Å². The van der Waals surface area contributed by atoms with E-state index < -0.39 is 29.2 Å². The van der Waals surface area contributed by atoms with Crippen molar-refractivity contribution in [3.63, 3.8) is 0 Å². The van der Waals surface area contributed by atoms with Gasteiger partial charge in [0.15, 0.2) is 5.54 Å². The van der Waals surface area contributed by atoms with E-state index in [0.29, 0.717) is 26.2 Å². The van der Waals surface area contributed by atoms with Gasteiger partial charge in [-0.1, -0.05) is 12.1 Å². The molecule has 9 nitrogen and oxygen atoms in total. The van der Waals surface area contributed by atoms with Crippen LogP contribution in [0.4, 0.5) is 15.0 Å². The predicted octanol–water partition coefficient (Wildman–Crippen LogP) is 1.48. The van der Waals surface area contributed by atoms with E-state index >= 15 is 4.39 Å². The zero-order valence-corrected chi connectivity index (χ0v) is 18.8. The number of hydrogen-bond acceptors (Lipinski definition) is 6. The van der Waals surface area contributed by atoms with Gasteiger partial charge in [-0.05, 0) is 42.7 Å². The Kier molecular flexibility index (Phi) is 6.03. The Balaban J connectivity index is 1.49. The fraction of sp³-hybridized carbons (Fsp3) is 0.391. The number of methoxy groups -OCH3 is 1. The summed E-state index contributed by atoms with van der Waals surface area (Å²) in [4.78, 5) is 45.3. The van der Waals surface area contributed by atoms with Gasteiger partial charge in [0.1, 0.15) is 11.6 Å². The summed E-state index contributed by atoms with van der Waals surface area (Å²) >= 11 is 0. The molecule has 4 rings (SSSR count). The van der Waals surface area contributed by atoms with Crippen LogP contribution in [0, 0.1) is 19.7 Å². The van der Waals surface area contributed by atoms with Gasteiger partial charge in [-0.2, -0.15) is 0 Å². The second kappa shape index (κ2) is 8.78. The van der Waals surface area contributed by atoms with Crippen LogP contribution >= 0.6 is 0 Å². The number of piperazine rings is 1. The van der Waals surface area contributed by atoms with E-state index in [0.717, 1.165) is 23.0 Å². The maximum Gasteiger partial charge on any atom is 0.322 e. The quantitative estimate of drug-likeness (QED) is 0.662. The number of aromatic nitrogens is 1. The van der Waals surface area contributed by atoms with Crippen molar-refractivity contribution in [3.05, 3.63) is 58.5 Å². The number of carbonyl (C=O) groups excluding carboxylic acids is 3. The largest absolute Gasteiger partial charge is 0.381 e. The van der Waals surface area contributed by atoms with Crippen molar-refractivity contribution in [1.82, 2.24) is 20.5 Å². The minimum absolute atomic E-state index is 0.0888. The summed E-state index contributed by atoms with van der Waals surface area (Å²) in [6, 6.07) is 5.30. The van der Waals surface area contributed by atoms with Crippen LogP contribution in [-0.4, -0.2) is 67.6 Å². The molecule has 1 aromatic carbocycles. The van der Waals surface area contributed by atoms with Crippen LogP contribution in [0.5, 0.6) is 0 Å². The number of ether oxygens (including phenoxy) is 1. The Labute approximate surface area is 190 Å². The lowest BCUT2D eigenvalue weighted by Crippen LogP contribution is -2.49. The minimum atomic E-state index is -1.54. The Hall–Kier alpha value is -3.53. The zero-order chi connectivity index (χ0) is 23.8. The van der Waals surface area contributed by atoms with Gasteiger partial charge in [-0.25, -0.2) is 14.2 Å². The highest BCUT2D eigenvalue weighted by Gasteiger charge is 2.48. The molecule has 0 saturated carbocycles. The highest BCUT2D eigenvalue weighted by molar-refractivity contribution is 6.07. The van der Waals surface area contributed by atoms with Gasteiger partial charge >= 0.3 is 6.03 Å². The minimum Gasteiger partial charge on any atom is -0.381 e. The average Bonchev–Trinajstić information content (AvgIpc) is 3.07. The second-order valence-electron chi connectivity index (χ2n) is 8.37. The number of urea groups is 1. The van der Waals surface area contributed by atoms with E-state index in [1.54, 1.807) is 4.90 Å². The number of anilines is 1. The van der Waals surface area contributed by atoms with Gasteiger partial charge in [0.05, 0.1) is 12.2 Å². The molecule has 1 aromatic heterocycles. The molecule has 2 fully saturated rings. The van der Waals surface area contributed by atoms with Gasteiger partial charge in [-0.15, -0.1) is 0 Å². The molecule has 1 atom stereocenters. The number of amides is 4. The number of nitrogens with zero attached hydrogens (tertiary/aromatic N) is 3. The van der Waals surface area contributed by atoms with E-state index in [1.807, 2.05) is 20.0 Å². The van der Waals surface area contributed by atoms with Crippen LogP contribution in [0.25, 0.3) is 0 Å². The number of halogens is 1. The second-order valence-corrected chi connectivity index (χ2v) is 8.37. The number of nitrogens with one attached hydrogen (secondary N) is 2. The summed E-state index contributed by atoms with van der Waals surface area (Å²) in [5, 5.41) is 4.65. The Morgan fingerprint density at radius 3 is 2.48 bits per heavy atom. The number of aryl methyl sites for hydroxylation is 2. The maximum absolute atomic E-state index is 15.0. The Bertz CT molecular complexity index is 1120. The molecule has 2 N–H and O–H groups in total. The van der Waals surface area contributed by atoms with Gasteiger partial charge in [0, 0.05) is 39.5 Å². The molecule has 0 spiro atoms. The van der Waals surface area contributed by atoms with Gasteiger partial charge in [0.25, 0.3) is 11.8 Å². The lowest BCUT2D eigenvalue weighted by atomic mass is 9.89. The third kappa shape index (κ3) is 4.13. The van der Waals surface area contributed by atoms with Crippen molar-refractivity contribution in [1.29, 1.82) is 0 Å². The molecular weight excluding hydrogens is 429 g/mol. The standard InChI is InChI=1S/C23H26FN5O4/c1-14-10-15(2)19(25-12-14)28-6-8-29(9-7-28)20(30)17-5-4-16(11-18(17)24)23(13-33-3)21(31)26-22(32)27-23/h4-5,10-12H,6-9,13H2,1-3H3,(H2,26,27,31,32). The summed E-state index contributed by atoms with van der Waals surface area (Å²) in [6.45, 7) is 5.86. The van der Waals surface area contributed by atoms with Crippen molar-refractivity contribution in [3.8, 4) is 0 Å². The molecule has 0 bridgehead atoms. The van der Waals surface area contributed by atoms with Gasteiger partial charge in [0.2, 0.25) is 0 Å². The number of pyridine rings is 1. The van der Waals surface area contributed by atoms with Crippen LogP contribution in [0.1, 0.15) is 27.0 Å². The number of hydrogen-bond donors (Lipinski definition) is 2. The first kappa shape index (κ1) is 22.7. The summed E-state index contributed by atoms with van der Waals surface area (Å²) in [5.74, 6) is -0.930. The highest BCUT2D eigenvalue weighted by atomic mass is 19.1. The third-order valence-corrected chi connectivity index (χ3v) is 6.05. The van der Waals surface area contributed by atoms with Crippen LogP contribution in [0.3, 0.4) is 0 Å². The molecule has 2 saturated heterocycles. The summed E-state index contributed by atoms with van der Waals surface area (Å²) < 4.78 is 20.1. The lowest BCUT2D eigenvalue weighted by molar-refractivity contribution is -0.126. The molecule has 4 amide bonds. The first-order chi connectivity index (χ1) is 15.7. The summed E-state index contributed by atoms with van der Waals surface area (Å²) in [7, 11) is 1.38. The van der Waals surface area contributed by atoms with E-state index in [9.17, 15) is 14.4 Å².